The molecule has 1 nitrogen and oxygen atoms in total. The minimum Gasteiger partial charge on any atom is -0.390 e. The monoisotopic (exact) mass is 198 g/mol. The van der Waals surface area contributed by atoms with E-state index in [0.717, 1.165) is 0 Å². The van der Waals surface area contributed by atoms with Gasteiger partial charge in [-0.2, -0.15) is 0 Å². The van der Waals surface area contributed by atoms with Crippen LogP contribution in [-0.4, -0.2) is 18.0 Å². The molecule has 9 heavy (non-hydrogen) atoms. The molecule has 0 aromatic heterocycles. The van der Waals surface area contributed by atoms with Crippen LogP contribution in [0.5, 0.6) is 0 Å². The summed E-state index contributed by atoms with van der Waals surface area (Å²) in [5.41, 5.74) is 0. The van der Waals surface area contributed by atoms with Gasteiger partial charge in [0.1, 0.15) is 0 Å². The standard InChI is InChI=1S/C7H11N.Y/c1-7-5-3-4-6-8(7)2;/h3-7H,1-2H3;/q-2;. The van der Waals surface area contributed by atoms with Gasteiger partial charge in [-0.3, -0.25) is 13.0 Å². The molecular weight excluding hydrogens is 187 g/mol. The molecule has 1 heterocycles. The van der Waals surface area contributed by atoms with Crippen LogP contribution in [0.3, 0.4) is 0 Å². The Kier molecular flexibility index (Phi) is 4.64. The van der Waals surface area contributed by atoms with Crippen molar-refractivity contribution in [1.82, 2.24) is 4.90 Å². The first-order valence-electron chi connectivity index (χ1n) is 2.87. The van der Waals surface area contributed by atoms with Gasteiger partial charge >= 0.3 is 0 Å². The second-order valence-corrected chi connectivity index (χ2v) is 2.13. The molecule has 49 valence electrons. The maximum Gasteiger partial charge on any atom is 0 e. The van der Waals surface area contributed by atoms with Gasteiger partial charge in [0.05, 0.1) is 0 Å². The Morgan fingerprint density at radius 1 is 1.44 bits per heavy atom. The fraction of sp³-hybridized carbons (Fsp3) is 0.429. The van der Waals surface area contributed by atoms with Crippen LogP contribution in [0.4, 0.5) is 0 Å². The predicted molar refractivity (Wildman–Crippen MR) is 35.0 cm³/mol. The summed E-state index contributed by atoms with van der Waals surface area (Å²) in [6.07, 6.45) is 6.28. The Morgan fingerprint density at radius 3 is 2.44 bits per heavy atom. The number of hydrogen-bond acceptors (Lipinski definition) is 1. The quantitative estimate of drug-likeness (QED) is 0.529. The Labute approximate surface area is 82.4 Å². The van der Waals surface area contributed by atoms with Gasteiger partial charge in [0.2, 0.25) is 0 Å². The summed E-state index contributed by atoms with van der Waals surface area (Å²) in [6, 6.07) is 0.569. The number of rotatable bonds is 0. The Balaban J connectivity index is 0.000000640. The summed E-state index contributed by atoms with van der Waals surface area (Å²) in [5.74, 6) is 0. The van der Waals surface area contributed by atoms with Crippen LogP contribution in [-0.2, 0) is 32.7 Å². The molecule has 0 aromatic carbocycles. The summed E-state index contributed by atoms with van der Waals surface area (Å²) in [4.78, 5) is 2.17. The molecule has 1 aliphatic heterocycles. The molecule has 1 radical (unpaired) electrons. The van der Waals surface area contributed by atoms with E-state index in [1.165, 1.54) is 0 Å². The van der Waals surface area contributed by atoms with E-state index >= 15 is 0 Å². The van der Waals surface area contributed by atoms with Crippen LogP contribution in [0.15, 0.2) is 12.2 Å². The van der Waals surface area contributed by atoms with Crippen LogP contribution >= 0.6 is 0 Å². The smallest absolute Gasteiger partial charge is 0 e. The third kappa shape index (κ3) is 2.75. The van der Waals surface area contributed by atoms with Gasteiger partial charge in [0, 0.05) is 32.7 Å². The van der Waals surface area contributed by atoms with E-state index in [2.05, 4.69) is 37.9 Å². The average Bonchev–Trinajstić information content (AvgIpc) is 1.77. The van der Waals surface area contributed by atoms with Crippen molar-refractivity contribution in [3.8, 4) is 0 Å². The zero-order valence-corrected chi connectivity index (χ0v) is 8.75. The summed E-state index contributed by atoms with van der Waals surface area (Å²) in [7, 11) is 2.07. The summed E-state index contributed by atoms with van der Waals surface area (Å²) in [6.45, 7) is 4.24. The molecule has 0 bridgehead atoms. The Bertz CT molecular complexity index is 89.1. The van der Waals surface area contributed by atoms with Crippen molar-refractivity contribution in [1.29, 1.82) is 0 Å². The number of nitrogens with zero attached hydrogens (tertiary/aromatic N) is 1. The largest absolute Gasteiger partial charge is 0.390 e. The molecule has 0 fully saturated rings. The van der Waals surface area contributed by atoms with E-state index in [1.54, 1.807) is 0 Å². The summed E-state index contributed by atoms with van der Waals surface area (Å²) >= 11 is 0. The topological polar surface area (TPSA) is 3.24 Å². The van der Waals surface area contributed by atoms with Crippen molar-refractivity contribution in [3.63, 3.8) is 0 Å². The molecular formula is C7H11NY-2. The van der Waals surface area contributed by atoms with Crippen LogP contribution in [0.25, 0.3) is 0 Å². The van der Waals surface area contributed by atoms with Gasteiger partial charge in [-0.05, 0) is 7.05 Å². The normalized spacial score (nSPS) is 25.8. The van der Waals surface area contributed by atoms with Gasteiger partial charge in [0.25, 0.3) is 0 Å². The van der Waals surface area contributed by atoms with E-state index in [-0.39, 0.29) is 32.7 Å². The fourth-order valence-corrected chi connectivity index (χ4v) is 0.682. The molecule has 1 unspecified atom stereocenters. The first-order chi connectivity index (χ1) is 3.80. The molecule has 0 amide bonds. The minimum atomic E-state index is 0. The molecule has 0 saturated carbocycles. The molecule has 0 aromatic rings. The maximum atomic E-state index is 2.17. The SMILES string of the molecule is CC1[CH-]C=C[CH-]N1C.[Y]. The number of hydrogen-bond donors (Lipinski definition) is 0. The van der Waals surface area contributed by atoms with Crippen molar-refractivity contribution in [2.45, 2.75) is 13.0 Å². The Morgan fingerprint density at radius 2 is 2.11 bits per heavy atom. The fourth-order valence-electron chi connectivity index (χ4n) is 0.682. The first-order valence-corrected chi connectivity index (χ1v) is 2.87. The van der Waals surface area contributed by atoms with Gasteiger partial charge in [0.15, 0.2) is 0 Å². The third-order valence-corrected chi connectivity index (χ3v) is 1.46. The van der Waals surface area contributed by atoms with Gasteiger partial charge in [-0.15, -0.1) is 0 Å². The molecule has 0 N–H and O–H groups in total. The van der Waals surface area contributed by atoms with Crippen LogP contribution in [0.2, 0.25) is 0 Å². The molecule has 1 rings (SSSR count). The van der Waals surface area contributed by atoms with Crippen molar-refractivity contribution in [2.24, 2.45) is 0 Å². The zero-order valence-electron chi connectivity index (χ0n) is 5.91. The van der Waals surface area contributed by atoms with E-state index < -0.39 is 0 Å². The van der Waals surface area contributed by atoms with Crippen LogP contribution < -0.4 is 0 Å². The van der Waals surface area contributed by atoms with E-state index in [0.29, 0.717) is 6.04 Å². The summed E-state index contributed by atoms with van der Waals surface area (Å²) in [5, 5.41) is 0. The van der Waals surface area contributed by atoms with Crippen molar-refractivity contribution >= 4 is 0 Å². The molecule has 1 atom stereocenters. The zero-order chi connectivity index (χ0) is 5.98. The van der Waals surface area contributed by atoms with Crippen molar-refractivity contribution in [3.05, 3.63) is 25.1 Å². The minimum absolute atomic E-state index is 0. The predicted octanol–water partition coefficient (Wildman–Crippen LogP) is 1.24. The number of likely N-dealkylation sites (N-methyl/N-ethyl adjacent to an activating group) is 1. The van der Waals surface area contributed by atoms with E-state index in [9.17, 15) is 0 Å². The van der Waals surface area contributed by atoms with E-state index in [1.807, 2.05) is 6.08 Å². The second-order valence-electron chi connectivity index (χ2n) is 2.13. The maximum absolute atomic E-state index is 2.17. The Hall–Kier alpha value is 0.544. The van der Waals surface area contributed by atoms with Crippen molar-refractivity contribution in [2.75, 3.05) is 7.05 Å². The molecule has 0 aliphatic carbocycles. The van der Waals surface area contributed by atoms with Gasteiger partial charge in [-0.25, -0.2) is 0 Å². The van der Waals surface area contributed by atoms with Crippen molar-refractivity contribution < 1.29 is 32.7 Å². The summed E-state index contributed by atoms with van der Waals surface area (Å²) < 4.78 is 0. The van der Waals surface area contributed by atoms with E-state index in [4.69, 9.17) is 0 Å². The molecule has 2 heteroatoms. The van der Waals surface area contributed by atoms with Crippen LogP contribution in [0, 0.1) is 13.0 Å². The molecule has 1 aliphatic rings. The third-order valence-electron chi connectivity index (χ3n) is 1.46. The average molecular weight is 198 g/mol. The molecule has 0 spiro atoms. The van der Waals surface area contributed by atoms with Gasteiger partial charge < -0.3 is 17.1 Å². The molecule has 0 saturated heterocycles. The first kappa shape index (κ1) is 9.54. The van der Waals surface area contributed by atoms with Crippen LogP contribution in [0.1, 0.15) is 6.92 Å². The van der Waals surface area contributed by atoms with Gasteiger partial charge in [-0.1, -0.05) is 13.0 Å². The second kappa shape index (κ2) is 4.37.